The molecule has 0 aliphatic rings. The summed E-state index contributed by atoms with van der Waals surface area (Å²) in [6.07, 6.45) is 0. The van der Waals surface area contributed by atoms with Crippen LogP contribution in [0.15, 0.2) is 24.3 Å². The Morgan fingerprint density at radius 2 is 2.31 bits per heavy atom. The normalized spacial score (nSPS) is 10.2. The molecule has 2 N–H and O–H groups in total. The molecule has 0 bridgehead atoms. The second kappa shape index (κ2) is 3.32. The standard InChI is InChI=1S/C8H8N5/c9-5-6-2-1-3-7(4-6)8-10-12-13-11-8/h1-4,9H,5H2,(H,10,11,12,13). The maximum absolute atomic E-state index is 7.20. The molecular formula is C8H8N5. The van der Waals surface area contributed by atoms with Gasteiger partial charge in [-0.1, -0.05) is 18.2 Å². The number of tetrazole rings is 1. The first-order valence-corrected chi connectivity index (χ1v) is 3.88. The van der Waals surface area contributed by atoms with Crippen LogP contribution in [0.4, 0.5) is 0 Å². The predicted molar refractivity (Wildman–Crippen MR) is 46.4 cm³/mol. The average Bonchev–Trinajstić information content (AvgIpc) is 2.71. The zero-order valence-corrected chi connectivity index (χ0v) is 6.86. The van der Waals surface area contributed by atoms with E-state index in [1.54, 1.807) is 0 Å². The highest BCUT2D eigenvalue weighted by Crippen LogP contribution is 2.14. The van der Waals surface area contributed by atoms with Crippen molar-refractivity contribution in [3.8, 4) is 11.4 Å². The van der Waals surface area contributed by atoms with Gasteiger partial charge in [-0.2, -0.15) is 0 Å². The summed E-state index contributed by atoms with van der Waals surface area (Å²) in [5.41, 5.74) is 9.07. The van der Waals surface area contributed by atoms with Crippen molar-refractivity contribution in [3.63, 3.8) is 0 Å². The van der Waals surface area contributed by atoms with Gasteiger partial charge in [0.05, 0.1) is 0 Å². The lowest BCUT2D eigenvalue weighted by atomic mass is 10.1. The Kier molecular flexibility index (Phi) is 2.01. The fraction of sp³-hybridized carbons (Fsp3) is 0.125. The molecule has 65 valence electrons. The molecule has 0 saturated carbocycles. The third-order valence-corrected chi connectivity index (χ3v) is 1.75. The van der Waals surface area contributed by atoms with Crippen molar-refractivity contribution in [2.45, 2.75) is 6.54 Å². The third kappa shape index (κ3) is 1.54. The largest absolute Gasteiger partial charge is 0.253 e. The molecule has 0 fully saturated rings. The van der Waals surface area contributed by atoms with E-state index in [1.807, 2.05) is 24.3 Å². The van der Waals surface area contributed by atoms with Crippen LogP contribution < -0.4 is 5.73 Å². The lowest BCUT2D eigenvalue weighted by molar-refractivity contribution is 0.881. The van der Waals surface area contributed by atoms with Gasteiger partial charge < -0.3 is 0 Å². The van der Waals surface area contributed by atoms with Crippen molar-refractivity contribution in [2.75, 3.05) is 0 Å². The van der Waals surface area contributed by atoms with Crippen LogP contribution in [0, 0.1) is 0 Å². The van der Waals surface area contributed by atoms with E-state index in [0.717, 1.165) is 11.1 Å². The van der Waals surface area contributed by atoms with E-state index >= 15 is 0 Å². The van der Waals surface area contributed by atoms with E-state index in [9.17, 15) is 0 Å². The van der Waals surface area contributed by atoms with Crippen molar-refractivity contribution in [2.24, 2.45) is 0 Å². The summed E-state index contributed by atoms with van der Waals surface area (Å²) < 4.78 is 0. The minimum absolute atomic E-state index is 0.273. The highest BCUT2D eigenvalue weighted by Gasteiger charge is 2.01. The molecule has 1 aromatic carbocycles. The van der Waals surface area contributed by atoms with Gasteiger partial charge in [0, 0.05) is 12.1 Å². The summed E-state index contributed by atoms with van der Waals surface area (Å²) in [5, 5.41) is 13.4. The highest BCUT2D eigenvalue weighted by molar-refractivity contribution is 5.54. The van der Waals surface area contributed by atoms with Crippen LogP contribution in [0.25, 0.3) is 11.4 Å². The van der Waals surface area contributed by atoms with Gasteiger partial charge in [0.25, 0.3) is 0 Å². The van der Waals surface area contributed by atoms with E-state index in [0.29, 0.717) is 5.82 Å². The molecule has 1 aromatic heterocycles. The van der Waals surface area contributed by atoms with Gasteiger partial charge in [0.15, 0.2) is 5.82 Å². The summed E-state index contributed by atoms with van der Waals surface area (Å²) in [6.45, 7) is 0.273. The lowest BCUT2D eigenvalue weighted by Gasteiger charge is -1.97. The van der Waals surface area contributed by atoms with Crippen molar-refractivity contribution < 1.29 is 0 Å². The van der Waals surface area contributed by atoms with Crippen LogP contribution in [0.5, 0.6) is 0 Å². The molecule has 1 heterocycles. The molecule has 0 amide bonds. The van der Waals surface area contributed by atoms with Crippen LogP contribution in [-0.2, 0) is 6.54 Å². The van der Waals surface area contributed by atoms with E-state index in [-0.39, 0.29) is 6.54 Å². The first-order chi connectivity index (χ1) is 6.40. The minimum atomic E-state index is 0.273. The molecule has 0 spiro atoms. The number of rotatable bonds is 2. The molecule has 13 heavy (non-hydrogen) atoms. The number of hydrogen-bond acceptors (Lipinski definition) is 3. The summed E-state index contributed by atoms with van der Waals surface area (Å²) in [7, 11) is 0. The van der Waals surface area contributed by atoms with Crippen molar-refractivity contribution in [1.29, 1.82) is 0 Å². The number of nitrogens with one attached hydrogen (secondary N) is 2. The van der Waals surface area contributed by atoms with E-state index < -0.39 is 0 Å². The quantitative estimate of drug-likeness (QED) is 0.725. The highest BCUT2D eigenvalue weighted by atomic mass is 15.5. The van der Waals surface area contributed by atoms with Gasteiger partial charge in [0.1, 0.15) is 0 Å². The molecule has 0 unspecified atom stereocenters. The van der Waals surface area contributed by atoms with Crippen LogP contribution in [-0.4, -0.2) is 20.6 Å². The minimum Gasteiger partial charge on any atom is -0.253 e. The van der Waals surface area contributed by atoms with Crippen LogP contribution in [0.1, 0.15) is 5.56 Å². The molecule has 0 atom stereocenters. The first kappa shape index (κ1) is 7.88. The zero-order chi connectivity index (χ0) is 9.10. The third-order valence-electron chi connectivity index (χ3n) is 1.75. The summed E-state index contributed by atoms with van der Waals surface area (Å²) in [4.78, 5) is 0. The maximum atomic E-state index is 7.20. The monoisotopic (exact) mass is 174 g/mol. The fourth-order valence-electron chi connectivity index (χ4n) is 1.11. The van der Waals surface area contributed by atoms with E-state index in [1.165, 1.54) is 0 Å². The van der Waals surface area contributed by atoms with Gasteiger partial charge in [-0.05, 0) is 22.1 Å². The number of aromatic amines is 1. The van der Waals surface area contributed by atoms with Crippen molar-refractivity contribution in [3.05, 3.63) is 29.8 Å². The van der Waals surface area contributed by atoms with E-state index in [2.05, 4.69) is 20.6 Å². The van der Waals surface area contributed by atoms with Gasteiger partial charge in [-0.15, -0.1) is 5.10 Å². The van der Waals surface area contributed by atoms with Gasteiger partial charge >= 0.3 is 0 Å². The molecule has 0 saturated heterocycles. The average molecular weight is 174 g/mol. The number of benzene rings is 1. The Morgan fingerprint density at radius 1 is 1.38 bits per heavy atom. The Morgan fingerprint density at radius 3 is 3.00 bits per heavy atom. The van der Waals surface area contributed by atoms with Crippen LogP contribution >= 0.6 is 0 Å². The molecule has 5 nitrogen and oxygen atoms in total. The van der Waals surface area contributed by atoms with Crippen LogP contribution in [0.2, 0.25) is 0 Å². The molecule has 0 aliphatic heterocycles. The Labute approximate surface area is 75.0 Å². The Bertz CT molecular complexity index is 381. The maximum Gasteiger partial charge on any atom is 0.179 e. The van der Waals surface area contributed by atoms with Crippen molar-refractivity contribution in [1.82, 2.24) is 26.4 Å². The van der Waals surface area contributed by atoms with Gasteiger partial charge in [-0.25, -0.2) is 5.10 Å². The van der Waals surface area contributed by atoms with Crippen LogP contribution in [0.3, 0.4) is 0 Å². The summed E-state index contributed by atoms with van der Waals surface area (Å²) in [5.74, 6) is 0.635. The predicted octanol–water partition coefficient (Wildman–Crippen LogP) is 0.650. The molecule has 1 radical (unpaired) electrons. The number of aromatic nitrogens is 4. The Hall–Kier alpha value is -1.75. The van der Waals surface area contributed by atoms with Gasteiger partial charge in [0.2, 0.25) is 0 Å². The zero-order valence-electron chi connectivity index (χ0n) is 6.86. The molecule has 2 rings (SSSR count). The number of nitrogens with zero attached hydrogens (tertiary/aromatic N) is 3. The summed E-state index contributed by atoms with van der Waals surface area (Å²) in [6, 6.07) is 7.60. The molecule has 0 aliphatic carbocycles. The molecule has 2 aromatic rings. The number of H-pyrrole nitrogens is 1. The molecule has 5 heteroatoms. The molecular weight excluding hydrogens is 166 g/mol. The topological polar surface area (TPSA) is 78.3 Å². The lowest BCUT2D eigenvalue weighted by Crippen LogP contribution is -1.87. The number of hydrogen-bond donors (Lipinski definition) is 1. The van der Waals surface area contributed by atoms with E-state index in [4.69, 9.17) is 5.73 Å². The SMILES string of the molecule is [NH]Cc1cccc(-c2nnn[nH]2)c1. The fourth-order valence-corrected chi connectivity index (χ4v) is 1.11. The Balaban J connectivity index is 2.41. The first-order valence-electron chi connectivity index (χ1n) is 3.88. The van der Waals surface area contributed by atoms with Gasteiger partial charge in [-0.3, -0.25) is 5.73 Å². The van der Waals surface area contributed by atoms with Crippen molar-refractivity contribution >= 4 is 0 Å². The summed E-state index contributed by atoms with van der Waals surface area (Å²) >= 11 is 0. The second-order valence-electron chi connectivity index (χ2n) is 2.63. The second-order valence-corrected chi connectivity index (χ2v) is 2.63. The smallest absolute Gasteiger partial charge is 0.179 e.